The summed E-state index contributed by atoms with van der Waals surface area (Å²) in [7, 11) is -3.71. The Kier molecular flexibility index (Phi) is 5.86. The third-order valence-electron chi connectivity index (χ3n) is 6.95. The third-order valence-corrected chi connectivity index (χ3v) is 8.73. The van der Waals surface area contributed by atoms with E-state index in [1.165, 1.54) is 23.6 Å². The second-order valence-electron chi connectivity index (χ2n) is 8.94. The Balaban J connectivity index is 1.42. The minimum absolute atomic E-state index is 0.0103. The van der Waals surface area contributed by atoms with Crippen LogP contribution in [-0.4, -0.2) is 43.3 Å². The number of benzene rings is 1. The third kappa shape index (κ3) is 4.10. The van der Waals surface area contributed by atoms with Crippen molar-refractivity contribution in [2.24, 2.45) is 11.3 Å². The van der Waals surface area contributed by atoms with Gasteiger partial charge in [0.25, 0.3) is 0 Å². The molecule has 2 heterocycles. The lowest BCUT2D eigenvalue weighted by Gasteiger charge is -2.35. The highest BCUT2D eigenvalue weighted by Crippen LogP contribution is 2.42. The van der Waals surface area contributed by atoms with Gasteiger partial charge in [-0.2, -0.15) is 0 Å². The summed E-state index contributed by atoms with van der Waals surface area (Å²) < 4.78 is 27.1. The average Bonchev–Trinajstić information content (AvgIpc) is 3.05. The quantitative estimate of drug-likeness (QED) is 0.727. The lowest BCUT2D eigenvalue weighted by Crippen LogP contribution is -2.47. The van der Waals surface area contributed by atoms with Gasteiger partial charge in [-0.3, -0.25) is 9.59 Å². The number of carbonyl (C=O) groups excluding carboxylic acids is 2. The van der Waals surface area contributed by atoms with Gasteiger partial charge in [0.2, 0.25) is 15.9 Å². The van der Waals surface area contributed by atoms with Crippen molar-refractivity contribution in [3.05, 3.63) is 47.2 Å². The standard InChI is InChI=1S/C23H30N2O4S/c1-17-7-5-6-10-19(17)21(26)16-30(28,29)25-13-11-23(12-14-25)15-20(24-22(23)27)18-8-3-2-4-9-18/h5-7,10,15,18H,2-4,8-9,11-14,16H2,1H3,(H,24,27). The summed E-state index contributed by atoms with van der Waals surface area (Å²) in [6.45, 7) is 2.34. The first-order valence-electron chi connectivity index (χ1n) is 10.9. The molecule has 1 saturated heterocycles. The fraction of sp³-hybridized carbons (Fsp3) is 0.565. The van der Waals surface area contributed by atoms with Gasteiger partial charge in [-0.1, -0.05) is 43.5 Å². The molecule has 2 fully saturated rings. The zero-order valence-corrected chi connectivity index (χ0v) is 18.3. The Morgan fingerprint density at radius 1 is 1.13 bits per heavy atom. The van der Waals surface area contributed by atoms with Gasteiger partial charge in [-0.05, 0) is 50.2 Å². The molecule has 2 aliphatic heterocycles. The number of amides is 1. The molecule has 162 valence electrons. The molecule has 1 aromatic rings. The molecule has 0 aromatic heterocycles. The molecular weight excluding hydrogens is 400 g/mol. The van der Waals surface area contributed by atoms with Crippen LogP contribution in [0.2, 0.25) is 0 Å². The van der Waals surface area contributed by atoms with Gasteiger partial charge >= 0.3 is 0 Å². The molecule has 3 aliphatic rings. The molecule has 0 unspecified atom stereocenters. The van der Waals surface area contributed by atoms with Crippen LogP contribution in [0.5, 0.6) is 0 Å². The summed E-state index contributed by atoms with van der Waals surface area (Å²) in [5, 5.41) is 3.10. The number of allylic oxidation sites excluding steroid dienone is 1. The first-order valence-corrected chi connectivity index (χ1v) is 12.5. The van der Waals surface area contributed by atoms with Crippen molar-refractivity contribution in [3.63, 3.8) is 0 Å². The Morgan fingerprint density at radius 3 is 2.47 bits per heavy atom. The number of nitrogens with one attached hydrogen (secondary N) is 1. The highest BCUT2D eigenvalue weighted by Gasteiger charge is 2.46. The molecule has 1 spiro atoms. The van der Waals surface area contributed by atoms with Crippen LogP contribution in [0.1, 0.15) is 60.9 Å². The molecule has 1 amide bonds. The van der Waals surface area contributed by atoms with E-state index in [0.29, 0.717) is 24.3 Å². The molecule has 0 atom stereocenters. The van der Waals surface area contributed by atoms with E-state index >= 15 is 0 Å². The maximum Gasteiger partial charge on any atom is 0.234 e. The van der Waals surface area contributed by atoms with E-state index in [1.54, 1.807) is 25.1 Å². The second-order valence-corrected chi connectivity index (χ2v) is 10.9. The molecule has 6 nitrogen and oxygen atoms in total. The summed E-state index contributed by atoms with van der Waals surface area (Å²) in [5.41, 5.74) is 1.67. The van der Waals surface area contributed by atoms with Crippen molar-refractivity contribution < 1.29 is 18.0 Å². The lowest BCUT2D eigenvalue weighted by atomic mass is 9.78. The zero-order valence-electron chi connectivity index (χ0n) is 17.5. The number of rotatable bonds is 5. The van der Waals surface area contributed by atoms with Gasteiger partial charge in [0, 0.05) is 24.4 Å². The van der Waals surface area contributed by atoms with Gasteiger partial charge in [-0.15, -0.1) is 0 Å². The maximum absolute atomic E-state index is 12.9. The van der Waals surface area contributed by atoms with Crippen LogP contribution in [-0.2, 0) is 14.8 Å². The van der Waals surface area contributed by atoms with E-state index < -0.39 is 21.2 Å². The number of hydrogen-bond donors (Lipinski definition) is 1. The Hall–Kier alpha value is -1.99. The van der Waals surface area contributed by atoms with Gasteiger partial charge in [0.15, 0.2) is 5.78 Å². The molecule has 1 saturated carbocycles. The van der Waals surface area contributed by atoms with E-state index in [0.717, 1.165) is 24.1 Å². The molecular formula is C23H30N2O4S. The SMILES string of the molecule is Cc1ccccc1C(=O)CS(=O)(=O)N1CCC2(C=C(C3CCCCC3)NC2=O)CC1. The number of nitrogens with zero attached hydrogens (tertiary/aromatic N) is 1. The first kappa shape index (κ1) is 21.2. The smallest absolute Gasteiger partial charge is 0.234 e. The van der Waals surface area contributed by atoms with Crippen LogP contribution in [0, 0.1) is 18.3 Å². The molecule has 0 radical (unpaired) electrons. The van der Waals surface area contributed by atoms with E-state index in [4.69, 9.17) is 0 Å². The van der Waals surface area contributed by atoms with Crippen molar-refractivity contribution in [1.82, 2.24) is 9.62 Å². The number of hydrogen-bond acceptors (Lipinski definition) is 4. The monoisotopic (exact) mass is 430 g/mol. The zero-order chi connectivity index (χ0) is 21.4. The van der Waals surface area contributed by atoms with Crippen LogP contribution < -0.4 is 5.32 Å². The van der Waals surface area contributed by atoms with Crippen molar-refractivity contribution in [3.8, 4) is 0 Å². The number of carbonyl (C=O) groups is 2. The normalized spacial score (nSPS) is 22.7. The molecule has 1 aliphatic carbocycles. The highest BCUT2D eigenvalue weighted by atomic mass is 32.2. The van der Waals surface area contributed by atoms with E-state index in [2.05, 4.69) is 11.4 Å². The molecule has 1 aromatic carbocycles. The number of sulfonamides is 1. The molecule has 1 N–H and O–H groups in total. The van der Waals surface area contributed by atoms with E-state index in [-0.39, 0.29) is 24.8 Å². The Bertz CT molecular complexity index is 969. The Morgan fingerprint density at radius 2 is 1.80 bits per heavy atom. The van der Waals surface area contributed by atoms with Crippen molar-refractivity contribution >= 4 is 21.7 Å². The average molecular weight is 431 g/mol. The lowest BCUT2D eigenvalue weighted by molar-refractivity contribution is -0.128. The van der Waals surface area contributed by atoms with Gasteiger partial charge in [0.05, 0.1) is 5.41 Å². The molecule has 4 rings (SSSR count). The second kappa shape index (κ2) is 8.27. The van der Waals surface area contributed by atoms with Crippen LogP contribution >= 0.6 is 0 Å². The minimum Gasteiger partial charge on any atom is -0.329 e. The fourth-order valence-corrected chi connectivity index (χ4v) is 6.45. The summed E-state index contributed by atoms with van der Waals surface area (Å²) in [6, 6.07) is 7.04. The number of aryl methyl sites for hydroxylation is 1. The van der Waals surface area contributed by atoms with Gasteiger partial charge in [-0.25, -0.2) is 12.7 Å². The minimum atomic E-state index is -3.71. The van der Waals surface area contributed by atoms with Crippen molar-refractivity contribution in [2.45, 2.75) is 51.9 Å². The predicted octanol–water partition coefficient (Wildman–Crippen LogP) is 3.18. The summed E-state index contributed by atoms with van der Waals surface area (Å²) in [5.74, 6) is -0.474. The highest BCUT2D eigenvalue weighted by molar-refractivity contribution is 7.89. The predicted molar refractivity (Wildman–Crippen MR) is 115 cm³/mol. The number of piperidine rings is 1. The molecule has 0 bridgehead atoms. The van der Waals surface area contributed by atoms with Crippen LogP contribution in [0.4, 0.5) is 0 Å². The summed E-state index contributed by atoms with van der Waals surface area (Å²) in [6.07, 6.45) is 8.91. The van der Waals surface area contributed by atoms with Crippen LogP contribution in [0.25, 0.3) is 0 Å². The molecule has 7 heteroatoms. The number of ketones is 1. The topological polar surface area (TPSA) is 83.6 Å². The maximum atomic E-state index is 12.9. The Labute approximate surface area is 178 Å². The molecule has 30 heavy (non-hydrogen) atoms. The van der Waals surface area contributed by atoms with Crippen molar-refractivity contribution in [1.29, 1.82) is 0 Å². The van der Waals surface area contributed by atoms with E-state index in [1.807, 2.05) is 6.07 Å². The van der Waals surface area contributed by atoms with E-state index in [9.17, 15) is 18.0 Å². The van der Waals surface area contributed by atoms with Crippen molar-refractivity contribution in [2.75, 3.05) is 18.8 Å². The first-order chi connectivity index (χ1) is 14.3. The largest absolute Gasteiger partial charge is 0.329 e. The number of Topliss-reactive ketones (excluding diaryl/α,β-unsaturated/α-hetero) is 1. The van der Waals surface area contributed by atoms with Gasteiger partial charge < -0.3 is 5.32 Å². The van der Waals surface area contributed by atoms with Gasteiger partial charge in [0.1, 0.15) is 5.75 Å². The van der Waals surface area contributed by atoms with Crippen LogP contribution in [0.3, 0.4) is 0 Å². The summed E-state index contributed by atoms with van der Waals surface area (Å²) >= 11 is 0. The van der Waals surface area contributed by atoms with Crippen LogP contribution in [0.15, 0.2) is 36.0 Å². The summed E-state index contributed by atoms with van der Waals surface area (Å²) in [4.78, 5) is 25.3. The fourth-order valence-electron chi connectivity index (χ4n) is 5.04.